The van der Waals surface area contributed by atoms with Crippen molar-refractivity contribution in [1.29, 1.82) is 0 Å². The first-order valence-electron chi connectivity index (χ1n) is 10.1. The summed E-state index contributed by atoms with van der Waals surface area (Å²) in [6, 6.07) is 16.5. The molecular weight excluding hydrogens is 482 g/mol. The zero-order chi connectivity index (χ0) is 24.7. The smallest absolute Gasteiger partial charge is 0.286 e. The molecule has 0 heterocycles. The number of hydrogen-bond acceptors (Lipinski definition) is 2. The van der Waals surface area contributed by atoms with Crippen LogP contribution in [0.15, 0.2) is 72.8 Å². The van der Waals surface area contributed by atoms with Gasteiger partial charge in [-0.15, -0.1) is 0 Å². The zero-order valence-corrected chi connectivity index (χ0v) is 18.0. The molecule has 0 fully saturated rings. The third-order valence-corrected chi connectivity index (χ3v) is 7.83. The number of alkyl halides is 6. The molecule has 0 spiro atoms. The van der Waals surface area contributed by atoms with Crippen molar-refractivity contribution in [2.75, 3.05) is 5.75 Å². The lowest BCUT2D eigenvalue weighted by atomic mass is 9.44. The summed E-state index contributed by atoms with van der Waals surface area (Å²) in [5.74, 6) is -3.22. The second-order valence-corrected chi connectivity index (χ2v) is 10.0. The Hall–Kier alpha value is -2.85. The van der Waals surface area contributed by atoms with Gasteiger partial charge in [-0.05, 0) is 33.4 Å². The molecular formula is C24H16F6O3S. The molecule has 3 aromatic carbocycles. The molecule has 34 heavy (non-hydrogen) atoms. The monoisotopic (exact) mass is 498 g/mol. The highest BCUT2D eigenvalue weighted by atomic mass is 32.2. The highest BCUT2D eigenvalue weighted by Crippen LogP contribution is 2.72. The van der Waals surface area contributed by atoms with Gasteiger partial charge in [-0.1, -0.05) is 72.8 Å². The van der Waals surface area contributed by atoms with Crippen molar-refractivity contribution in [2.45, 2.75) is 23.7 Å². The van der Waals surface area contributed by atoms with Crippen molar-refractivity contribution < 1.29 is 39.3 Å². The molecule has 3 aromatic rings. The molecule has 0 aromatic heterocycles. The van der Waals surface area contributed by atoms with Crippen LogP contribution in [0.4, 0.5) is 26.3 Å². The van der Waals surface area contributed by atoms with E-state index in [1.807, 2.05) is 0 Å². The van der Waals surface area contributed by atoms with Gasteiger partial charge in [0.1, 0.15) is 5.75 Å². The first kappa shape index (κ1) is 22.9. The lowest BCUT2D eigenvalue weighted by Crippen LogP contribution is -2.69. The molecule has 1 N–H and O–H groups in total. The van der Waals surface area contributed by atoms with Crippen molar-refractivity contribution in [3.05, 3.63) is 106 Å². The van der Waals surface area contributed by atoms with E-state index in [9.17, 15) is 13.0 Å². The summed E-state index contributed by atoms with van der Waals surface area (Å²) in [7, 11) is -5.78. The van der Waals surface area contributed by atoms with Crippen LogP contribution in [-0.2, 0) is 15.5 Å². The minimum absolute atomic E-state index is 0.230. The Morgan fingerprint density at radius 2 is 1.00 bits per heavy atom. The SMILES string of the molecule is O=S(=O)(O)CC(C(F)(F)F)(C(F)(F)F)C12c3ccccc3C(c3ccccc31)c1ccccc12. The maximum Gasteiger partial charge on any atom is 0.405 e. The van der Waals surface area contributed by atoms with Gasteiger partial charge >= 0.3 is 12.4 Å². The van der Waals surface area contributed by atoms with E-state index in [1.54, 1.807) is 0 Å². The summed E-state index contributed by atoms with van der Waals surface area (Å²) in [6.07, 6.45) is -12.3. The van der Waals surface area contributed by atoms with Gasteiger partial charge in [-0.25, -0.2) is 0 Å². The number of benzene rings is 3. The second kappa shape index (κ2) is 6.85. The van der Waals surface area contributed by atoms with E-state index in [0.717, 1.165) is 0 Å². The molecule has 3 nitrogen and oxygen atoms in total. The van der Waals surface area contributed by atoms with Crippen LogP contribution in [0.5, 0.6) is 0 Å². The molecule has 0 unspecified atom stereocenters. The standard InChI is InChI=1S/C24H16F6O3S/c25-23(26,27)21(24(28,29)30,13-34(31,32)33)22-17-10-4-1-7-14(17)20(15-8-2-5-11-18(15)22)16-9-3-6-12-19(16)22/h1-12,20H,13H2,(H,31,32,33). The minimum Gasteiger partial charge on any atom is -0.286 e. The molecule has 0 saturated carbocycles. The van der Waals surface area contributed by atoms with E-state index >= 15 is 26.3 Å². The van der Waals surface area contributed by atoms with E-state index in [1.165, 1.54) is 72.8 Å². The largest absolute Gasteiger partial charge is 0.405 e. The molecule has 10 heteroatoms. The van der Waals surface area contributed by atoms with Gasteiger partial charge in [0, 0.05) is 5.92 Å². The van der Waals surface area contributed by atoms with Crippen LogP contribution in [0.2, 0.25) is 0 Å². The zero-order valence-electron chi connectivity index (χ0n) is 17.2. The van der Waals surface area contributed by atoms with Gasteiger partial charge < -0.3 is 0 Å². The quantitative estimate of drug-likeness (QED) is 0.366. The van der Waals surface area contributed by atoms with Crippen molar-refractivity contribution >= 4 is 10.1 Å². The van der Waals surface area contributed by atoms with Crippen LogP contribution in [0, 0.1) is 5.41 Å². The predicted octanol–water partition coefficient (Wildman–Crippen LogP) is 5.83. The average molecular weight is 498 g/mol. The fraction of sp³-hybridized carbons (Fsp3) is 0.250. The number of rotatable bonds is 3. The van der Waals surface area contributed by atoms with Crippen LogP contribution in [0.1, 0.15) is 39.3 Å². The molecule has 2 bridgehead atoms. The van der Waals surface area contributed by atoms with Gasteiger partial charge in [0.25, 0.3) is 10.1 Å². The molecule has 3 aliphatic carbocycles. The average Bonchev–Trinajstić information content (AvgIpc) is 2.75. The third kappa shape index (κ3) is 2.66. The van der Waals surface area contributed by atoms with Crippen LogP contribution < -0.4 is 0 Å². The molecule has 3 aliphatic rings. The Bertz CT molecular complexity index is 1280. The van der Waals surface area contributed by atoms with E-state index in [2.05, 4.69) is 0 Å². The van der Waals surface area contributed by atoms with Crippen LogP contribution in [-0.4, -0.2) is 31.1 Å². The Balaban J connectivity index is 2.11. The first-order valence-corrected chi connectivity index (χ1v) is 11.7. The molecule has 178 valence electrons. The highest BCUT2D eigenvalue weighted by Gasteiger charge is 2.83. The van der Waals surface area contributed by atoms with E-state index in [0.29, 0.717) is 0 Å². The lowest BCUT2D eigenvalue weighted by molar-refractivity contribution is -0.348. The van der Waals surface area contributed by atoms with Crippen molar-refractivity contribution in [3.63, 3.8) is 0 Å². The summed E-state index contributed by atoms with van der Waals surface area (Å²) in [4.78, 5) is 0. The first-order chi connectivity index (χ1) is 15.8. The number of hydrogen-bond donors (Lipinski definition) is 1. The normalized spacial score (nSPS) is 21.6. The summed E-state index contributed by atoms with van der Waals surface area (Å²) < 4.78 is 124. The van der Waals surface area contributed by atoms with Crippen LogP contribution in [0.3, 0.4) is 0 Å². The summed E-state index contributed by atoms with van der Waals surface area (Å²) in [5, 5.41) is 0. The van der Waals surface area contributed by atoms with Gasteiger partial charge in [0.05, 0.1) is 5.41 Å². The Morgan fingerprint density at radius 3 is 1.29 bits per heavy atom. The molecule has 6 rings (SSSR count). The van der Waals surface area contributed by atoms with E-state index in [4.69, 9.17) is 0 Å². The minimum atomic E-state index is -6.13. The van der Waals surface area contributed by atoms with Gasteiger partial charge in [0.2, 0.25) is 0 Å². The Kier molecular flexibility index (Phi) is 4.62. The summed E-state index contributed by atoms with van der Waals surface area (Å²) >= 11 is 0. The van der Waals surface area contributed by atoms with Gasteiger partial charge in [-0.3, -0.25) is 4.55 Å². The van der Waals surface area contributed by atoms with Crippen LogP contribution in [0.25, 0.3) is 0 Å². The Labute approximate surface area is 190 Å². The van der Waals surface area contributed by atoms with Crippen molar-refractivity contribution in [1.82, 2.24) is 0 Å². The maximum atomic E-state index is 15.0. The molecule has 0 aliphatic heterocycles. The topological polar surface area (TPSA) is 54.4 Å². The van der Waals surface area contributed by atoms with Crippen LogP contribution >= 0.6 is 0 Å². The molecule has 0 atom stereocenters. The van der Waals surface area contributed by atoms with E-state index < -0.39 is 45.0 Å². The van der Waals surface area contributed by atoms with Crippen molar-refractivity contribution in [2.24, 2.45) is 5.41 Å². The molecule has 0 saturated heterocycles. The second-order valence-electron chi connectivity index (χ2n) is 8.57. The number of halogens is 6. The molecule has 0 radical (unpaired) electrons. The van der Waals surface area contributed by atoms with E-state index in [-0.39, 0.29) is 33.4 Å². The maximum absolute atomic E-state index is 15.0. The van der Waals surface area contributed by atoms with Gasteiger partial charge in [-0.2, -0.15) is 34.8 Å². The fourth-order valence-corrected chi connectivity index (χ4v) is 7.12. The molecule has 0 amide bonds. The van der Waals surface area contributed by atoms with Gasteiger partial charge in [0.15, 0.2) is 5.41 Å². The predicted molar refractivity (Wildman–Crippen MR) is 111 cm³/mol. The van der Waals surface area contributed by atoms with Crippen molar-refractivity contribution in [3.8, 4) is 0 Å². The highest BCUT2D eigenvalue weighted by molar-refractivity contribution is 7.85. The summed E-state index contributed by atoms with van der Waals surface area (Å²) in [6.45, 7) is 0. The lowest BCUT2D eigenvalue weighted by Gasteiger charge is -2.59. The summed E-state index contributed by atoms with van der Waals surface area (Å²) in [5.41, 5.74) is -8.07. The Morgan fingerprint density at radius 1 is 0.676 bits per heavy atom. The third-order valence-electron chi connectivity index (χ3n) is 7.03. The fourth-order valence-electron chi connectivity index (χ4n) is 6.03.